The van der Waals surface area contributed by atoms with Gasteiger partial charge in [-0.15, -0.1) is 11.3 Å². The lowest BCUT2D eigenvalue weighted by Gasteiger charge is -2.45. The lowest BCUT2D eigenvalue weighted by Crippen LogP contribution is -2.61. The summed E-state index contributed by atoms with van der Waals surface area (Å²) in [6, 6.07) is -24.4. The Morgan fingerprint density at radius 2 is 0.927 bits per heavy atom. The Morgan fingerprint density at radius 1 is 0.427 bits per heavy atom. The van der Waals surface area contributed by atoms with Crippen LogP contribution in [-0.4, -0.2) is 11.7 Å². The van der Waals surface area contributed by atoms with Crippen molar-refractivity contribution in [3.63, 3.8) is 0 Å². The smallest absolute Gasteiger partial charge is 0.252 e. The number of furan rings is 1. The number of benzene rings is 9. The maximum atomic E-state index is 11.4. The second-order valence-electron chi connectivity index (χ2n) is 25.8. The number of hydrogen-bond acceptors (Lipinski definition) is 6. The molecule has 0 saturated carbocycles. The van der Waals surface area contributed by atoms with Crippen molar-refractivity contribution in [3.05, 3.63) is 209 Å². The van der Waals surface area contributed by atoms with Crippen LogP contribution in [0.2, 0.25) is 0 Å². The Labute approximate surface area is 532 Å². The van der Waals surface area contributed by atoms with E-state index in [1.807, 2.05) is 0 Å². The molecule has 2 aliphatic rings. The van der Waals surface area contributed by atoms with Gasteiger partial charge in [-0.3, -0.25) is 0 Å². The van der Waals surface area contributed by atoms with Gasteiger partial charge in [0.05, 0.1) is 57.0 Å². The molecule has 11 aromatic rings. The first-order valence-corrected chi connectivity index (χ1v) is 27.7. The fourth-order valence-electron chi connectivity index (χ4n) is 9.90. The third kappa shape index (κ3) is 9.20. The summed E-state index contributed by atoms with van der Waals surface area (Å²) in [6.07, 6.45) is 0. The van der Waals surface area contributed by atoms with E-state index in [0.29, 0.717) is 16.2 Å². The van der Waals surface area contributed by atoms with Gasteiger partial charge in [0.2, 0.25) is 0 Å². The topological polar surface area (TPSA) is 35.8 Å². The van der Waals surface area contributed by atoms with Crippen LogP contribution in [0.4, 0.5) is 51.2 Å². The molecule has 410 valence electrons. The molecule has 4 heterocycles. The third-order valence-corrected chi connectivity index (χ3v) is 15.3. The molecule has 0 radical (unpaired) electrons. The molecular weight excluding hydrogens is 1020 g/mol. The molecular formula is C75H75BN4OS. The van der Waals surface area contributed by atoms with Crippen molar-refractivity contribution in [1.82, 2.24) is 4.98 Å². The molecule has 0 fully saturated rings. The largest absolute Gasteiger partial charge is 0.456 e. The van der Waals surface area contributed by atoms with Gasteiger partial charge in [0, 0.05) is 61.8 Å². The minimum absolute atomic E-state index is 0.0515. The predicted octanol–water partition coefficient (Wildman–Crippen LogP) is 19.9. The number of rotatable bonds is 6. The van der Waals surface area contributed by atoms with Crippen LogP contribution in [0.25, 0.3) is 42.7 Å². The lowest BCUT2D eigenvalue weighted by atomic mass is 9.33. The number of aromatic nitrogens is 1. The average molecular weight is 1120 g/mol. The molecule has 82 heavy (non-hydrogen) atoms. The van der Waals surface area contributed by atoms with Gasteiger partial charge in [-0.2, -0.15) is 0 Å². The first-order valence-electron chi connectivity index (χ1n) is 41.9. The molecule has 0 amide bonds. The van der Waals surface area contributed by atoms with Crippen molar-refractivity contribution in [2.45, 2.75) is 131 Å². The zero-order valence-corrected chi connectivity index (χ0v) is 49.0. The number of fused-ring (bicyclic) bond motifs is 8. The van der Waals surface area contributed by atoms with Gasteiger partial charge in [-0.25, -0.2) is 4.98 Å². The highest BCUT2D eigenvalue weighted by molar-refractivity contribution is 7.21. The van der Waals surface area contributed by atoms with E-state index in [2.05, 4.69) is 0 Å². The highest BCUT2D eigenvalue weighted by Gasteiger charge is 2.45. The highest BCUT2D eigenvalue weighted by Crippen LogP contribution is 2.51. The molecule has 2 aliphatic heterocycles. The fraction of sp³-hybridized carbons (Fsp3) is 0.267. The minimum atomic E-state index is -2.03. The summed E-state index contributed by atoms with van der Waals surface area (Å²) in [6.45, 7) is 23.0. The van der Waals surface area contributed by atoms with Crippen molar-refractivity contribution in [2.24, 2.45) is 0 Å². The molecule has 2 aromatic heterocycles. The van der Waals surface area contributed by atoms with Gasteiger partial charge in [-0.05, 0) is 180 Å². The number of nitrogens with zero attached hydrogens (tertiary/aromatic N) is 4. The number of thiazole rings is 1. The summed E-state index contributed by atoms with van der Waals surface area (Å²) in [7, 11) is 0. The Morgan fingerprint density at radius 3 is 1.50 bits per heavy atom. The van der Waals surface area contributed by atoms with Crippen LogP contribution in [0, 0.1) is 0 Å². The third-order valence-electron chi connectivity index (χ3n) is 14.3. The standard InChI is InChI=1S/C75H75BN4OS/c1-71(2,3)47-27-31-54(32-28-47)79-62-33-29-49(73(7,8)9)41-59(62)76-60-44-61-68(82-70(77-61)46-26-34-66-57(36-46)58-40-48(72(4,5)6)30-35-67(58)81-66)45-63(60)80(55-38-50(74(10,11)12)37-51(39-55)75(13,14)15)65-43-56(42-64(79)69(65)76)78(52-22-18-16-19-23-52)53-24-20-17-21-25-53/h16-45H,1-15H3/i16D,17D,18D,19D,20D,21D,22D,23D,24D,25D,26D,27D,28D,29D,30D,31D,32D,33D,34D,35D,36D,37D,38D,39D,40D,41D,42D,43D,44D,45D. The van der Waals surface area contributed by atoms with Crippen molar-refractivity contribution in [1.29, 1.82) is 0 Å². The summed E-state index contributed by atoms with van der Waals surface area (Å²) in [5.41, 5.74) is -16.4. The van der Waals surface area contributed by atoms with Crippen LogP contribution < -0.4 is 31.1 Å². The van der Waals surface area contributed by atoms with E-state index in [0.717, 1.165) is 9.80 Å². The summed E-state index contributed by atoms with van der Waals surface area (Å²) in [4.78, 5) is 7.40. The lowest BCUT2D eigenvalue weighted by molar-refractivity contribution is 0.568. The van der Waals surface area contributed by atoms with Crippen LogP contribution in [0.5, 0.6) is 0 Å². The molecule has 7 heteroatoms. The van der Waals surface area contributed by atoms with Crippen molar-refractivity contribution >= 4 is 118 Å². The van der Waals surface area contributed by atoms with E-state index in [-0.39, 0.29) is 77.6 Å². The summed E-state index contributed by atoms with van der Waals surface area (Å²) >= 11 is 0.609. The van der Waals surface area contributed by atoms with Crippen LogP contribution in [-0.2, 0) is 27.1 Å². The first-order chi connectivity index (χ1) is 51.4. The molecule has 0 saturated heterocycles. The van der Waals surface area contributed by atoms with E-state index in [4.69, 9.17) is 14.9 Å². The first kappa shape index (κ1) is 29.4. The monoisotopic (exact) mass is 1120 g/mol. The number of anilines is 9. The normalized spacial score (nSPS) is 18.8. The van der Waals surface area contributed by atoms with Crippen LogP contribution in [0.15, 0.2) is 186 Å². The molecule has 0 bridgehead atoms. The zero-order chi connectivity index (χ0) is 83.7. The molecule has 0 aliphatic carbocycles. The van der Waals surface area contributed by atoms with Gasteiger partial charge < -0.3 is 19.1 Å². The van der Waals surface area contributed by atoms with Crippen LogP contribution in [0.1, 0.15) is 173 Å². The van der Waals surface area contributed by atoms with Gasteiger partial charge >= 0.3 is 0 Å². The van der Waals surface area contributed by atoms with E-state index in [1.165, 1.54) is 0 Å². The van der Waals surface area contributed by atoms with Gasteiger partial charge in [0.15, 0.2) is 0 Å². The van der Waals surface area contributed by atoms with Crippen molar-refractivity contribution in [3.8, 4) is 10.6 Å². The van der Waals surface area contributed by atoms with Gasteiger partial charge in [0.25, 0.3) is 6.71 Å². The summed E-state index contributed by atoms with van der Waals surface area (Å²) in [5.74, 6) is 0. The second-order valence-corrected chi connectivity index (χ2v) is 26.8. The Kier molecular flexibility index (Phi) is 6.75. The summed E-state index contributed by atoms with van der Waals surface area (Å²) in [5, 5.41) is -0.658. The molecule has 5 nitrogen and oxygen atoms in total. The van der Waals surface area contributed by atoms with E-state index < -0.39 is 276 Å². The molecule has 0 unspecified atom stereocenters. The molecule has 0 atom stereocenters. The van der Waals surface area contributed by atoms with E-state index >= 15 is 0 Å². The predicted molar refractivity (Wildman–Crippen MR) is 355 cm³/mol. The number of hydrogen-bond donors (Lipinski definition) is 0. The van der Waals surface area contributed by atoms with Gasteiger partial charge in [0.1, 0.15) is 16.2 Å². The van der Waals surface area contributed by atoms with Crippen LogP contribution in [0.3, 0.4) is 0 Å². The van der Waals surface area contributed by atoms with Crippen molar-refractivity contribution in [2.75, 3.05) is 14.7 Å². The fourth-order valence-corrected chi connectivity index (χ4v) is 10.8. The van der Waals surface area contributed by atoms with E-state index in [1.54, 1.807) is 104 Å². The molecule has 0 spiro atoms. The Hall–Kier alpha value is -7.87. The quantitative estimate of drug-likeness (QED) is 0.155. The average Bonchev–Trinajstić information content (AvgIpc) is 0.813. The molecule has 9 aromatic carbocycles. The maximum Gasteiger partial charge on any atom is 0.252 e. The Balaban J connectivity index is 1.37. The van der Waals surface area contributed by atoms with Gasteiger partial charge in [-0.1, -0.05) is 176 Å². The van der Waals surface area contributed by atoms with E-state index in [9.17, 15) is 35.6 Å². The molecule has 13 rings (SSSR count). The molecule has 0 N–H and O–H groups in total. The SMILES string of the molecule is [2H]c1c([2H])c([2H])c(N(c2c([2H])c([2H])c([2H])c([2H])c2[2H])c2c([2H])c3c4c(c2[2H])N(c2c([2H])c(C(C)(C)C)c([2H])c(C(C)(C)C)c2[2H])c2c(c([2H])c5nc(-c6c([2H])c([2H])c7oc8c([2H])c([2H])c(C(C)(C)C)c([2H])c8c7c6[2H])sc5c2[2H])B4c2c([2H])c(C(C)(C)C)c([2H])c([2H])c2N3c2c([2H])c([2H])c(C(C)(C)C)c([2H])c2[2H])c([2H])c1[2H]. The second kappa shape index (κ2) is 18.8. The Bertz CT molecular complexity index is 5960. The highest BCUT2D eigenvalue weighted by atomic mass is 32.1. The van der Waals surface area contributed by atoms with Crippen LogP contribution >= 0.6 is 11.3 Å². The number of para-hydroxylation sites is 2. The zero-order valence-electron chi connectivity index (χ0n) is 78.2. The van der Waals surface area contributed by atoms with Crippen molar-refractivity contribution < 1.29 is 45.5 Å². The maximum absolute atomic E-state index is 11.4. The summed E-state index contributed by atoms with van der Waals surface area (Å²) < 4.78 is 304. The minimum Gasteiger partial charge on any atom is -0.456 e.